The summed E-state index contributed by atoms with van der Waals surface area (Å²) in [6.07, 6.45) is 1.72. The third-order valence-corrected chi connectivity index (χ3v) is 3.46. The molecular weight excluding hydrogens is 266 g/mol. The van der Waals surface area contributed by atoms with Crippen molar-refractivity contribution in [3.05, 3.63) is 24.3 Å². The molecule has 1 aromatic carbocycles. The highest BCUT2D eigenvalue weighted by atomic mass is 19.3. The highest BCUT2D eigenvalue weighted by Gasteiger charge is 2.28. The lowest BCUT2D eigenvalue weighted by molar-refractivity contribution is -0.121. The standard InChI is InChI=1S/C14H18F2N2O2/c1-9-10(5-4-8-17-9)13(19)18-11-6-2-3-7-12(11)20-14(15)16/h2-3,6-7,9-10,14,17H,4-5,8H2,1H3,(H,18,19). The lowest BCUT2D eigenvalue weighted by Gasteiger charge is -2.29. The molecule has 110 valence electrons. The van der Waals surface area contributed by atoms with E-state index in [0.717, 1.165) is 19.4 Å². The first-order valence-electron chi connectivity index (χ1n) is 6.66. The molecular formula is C14H18F2N2O2. The number of ether oxygens (including phenoxy) is 1. The van der Waals surface area contributed by atoms with Gasteiger partial charge in [0.15, 0.2) is 0 Å². The van der Waals surface area contributed by atoms with Crippen LogP contribution in [0.4, 0.5) is 14.5 Å². The summed E-state index contributed by atoms with van der Waals surface area (Å²) in [6, 6.07) is 6.28. The number of carbonyl (C=O) groups is 1. The average Bonchev–Trinajstić information content (AvgIpc) is 2.41. The number of amides is 1. The van der Waals surface area contributed by atoms with Crippen LogP contribution in [0, 0.1) is 5.92 Å². The van der Waals surface area contributed by atoms with Crippen molar-refractivity contribution in [2.45, 2.75) is 32.4 Å². The number of hydrogen-bond donors (Lipinski definition) is 2. The largest absolute Gasteiger partial charge is 0.433 e. The van der Waals surface area contributed by atoms with Crippen LogP contribution in [0.2, 0.25) is 0 Å². The Morgan fingerprint density at radius 2 is 2.20 bits per heavy atom. The number of piperidine rings is 1. The number of halogens is 2. The molecule has 0 saturated carbocycles. The summed E-state index contributed by atoms with van der Waals surface area (Å²) in [7, 11) is 0. The number of hydrogen-bond acceptors (Lipinski definition) is 3. The lowest BCUT2D eigenvalue weighted by atomic mass is 9.91. The number of anilines is 1. The minimum Gasteiger partial charge on any atom is -0.433 e. The summed E-state index contributed by atoms with van der Waals surface area (Å²) in [4.78, 5) is 12.2. The second-order valence-electron chi connectivity index (χ2n) is 4.86. The maximum Gasteiger partial charge on any atom is 0.387 e. The fourth-order valence-electron chi connectivity index (χ4n) is 2.40. The molecule has 2 N–H and O–H groups in total. The zero-order valence-corrected chi connectivity index (χ0v) is 11.2. The van der Waals surface area contributed by atoms with Crippen LogP contribution in [0.3, 0.4) is 0 Å². The second-order valence-corrected chi connectivity index (χ2v) is 4.86. The summed E-state index contributed by atoms with van der Waals surface area (Å²) >= 11 is 0. The molecule has 20 heavy (non-hydrogen) atoms. The van der Waals surface area contributed by atoms with Crippen molar-refractivity contribution in [1.29, 1.82) is 0 Å². The van der Waals surface area contributed by atoms with Crippen LogP contribution in [0.15, 0.2) is 24.3 Å². The molecule has 4 nitrogen and oxygen atoms in total. The van der Waals surface area contributed by atoms with Gasteiger partial charge in [0, 0.05) is 6.04 Å². The van der Waals surface area contributed by atoms with Crippen LogP contribution in [0.1, 0.15) is 19.8 Å². The summed E-state index contributed by atoms with van der Waals surface area (Å²) in [5.41, 5.74) is 0.274. The van der Waals surface area contributed by atoms with Gasteiger partial charge in [0.2, 0.25) is 5.91 Å². The van der Waals surface area contributed by atoms with E-state index in [2.05, 4.69) is 15.4 Å². The molecule has 0 spiro atoms. The van der Waals surface area contributed by atoms with Crippen LogP contribution >= 0.6 is 0 Å². The van der Waals surface area contributed by atoms with Gasteiger partial charge in [-0.1, -0.05) is 12.1 Å². The number of para-hydroxylation sites is 2. The smallest absolute Gasteiger partial charge is 0.387 e. The topological polar surface area (TPSA) is 50.4 Å². The number of nitrogens with one attached hydrogen (secondary N) is 2. The van der Waals surface area contributed by atoms with Crippen LogP contribution in [0.5, 0.6) is 5.75 Å². The van der Waals surface area contributed by atoms with Crippen molar-refractivity contribution in [2.24, 2.45) is 5.92 Å². The van der Waals surface area contributed by atoms with Crippen molar-refractivity contribution < 1.29 is 18.3 Å². The molecule has 6 heteroatoms. The van der Waals surface area contributed by atoms with Crippen LogP contribution in [0.25, 0.3) is 0 Å². The van der Waals surface area contributed by atoms with E-state index in [-0.39, 0.29) is 29.3 Å². The molecule has 1 fully saturated rings. The molecule has 2 atom stereocenters. The fraction of sp³-hybridized carbons (Fsp3) is 0.500. The SMILES string of the molecule is CC1NCCCC1C(=O)Nc1ccccc1OC(F)F. The van der Waals surface area contributed by atoms with Gasteiger partial charge in [-0.2, -0.15) is 8.78 Å². The minimum atomic E-state index is -2.91. The monoisotopic (exact) mass is 284 g/mol. The highest BCUT2D eigenvalue weighted by Crippen LogP contribution is 2.27. The first-order chi connectivity index (χ1) is 9.58. The van der Waals surface area contributed by atoms with E-state index in [4.69, 9.17) is 0 Å². The fourth-order valence-corrected chi connectivity index (χ4v) is 2.40. The van der Waals surface area contributed by atoms with Crippen molar-refractivity contribution in [3.63, 3.8) is 0 Å². The van der Waals surface area contributed by atoms with Gasteiger partial charge in [-0.25, -0.2) is 0 Å². The Bertz CT molecular complexity index is 468. The van der Waals surface area contributed by atoms with Gasteiger partial charge in [0.05, 0.1) is 11.6 Å². The summed E-state index contributed by atoms with van der Waals surface area (Å²) in [6.45, 7) is -0.0654. The van der Waals surface area contributed by atoms with Crippen molar-refractivity contribution in [2.75, 3.05) is 11.9 Å². The Kier molecular flexibility index (Phi) is 4.89. The number of rotatable bonds is 4. The number of carbonyl (C=O) groups excluding carboxylic acids is 1. The molecule has 1 heterocycles. The predicted octanol–water partition coefficient (Wildman–Crippen LogP) is 2.61. The van der Waals surface area contributed by atoms with Crippen LogP contribution < -0.4 is 15.4 Å². The minimum absolute atomic E-state index is 0.0210. The molecule has 1 aliphatic rings. The first kappa shape index (κ1) is 14.7. The molecule has 0 aromatic heterocycles. The molecule has 0 radical (unpaired) electrons. The zero-order chi connectivity index (χ0) is 14.5. The molecule has 2 unspecified atom stereocenters. The molecule has 1 amide bonds. The van der Waals surface area contributed by atoms with Crippen molar-refractivity contribution in [3.8, 4) is 5.75 Å². The van der Waals surface area contributed by atoms with Crippen LogP contribution in [-0.4, -0.2) is 25.1 Å². The summed E-state index contributed by atoms with van der Waals surface area (Å²) in [5, 5.41) is 5.91. The van der Waals surface area contributed by atoms with E-state index >= 15 is 0 Å². The maximum absolute atomic E-state index is 12.3. The van der Waals surface area contributed by atoms with Gasteiger partial charge < -0.3 is 15.4 Å². The van der Waals surface area contributed by atoms with Gasteiger partial charge in [0.25, 0.3) is 0 Å². The Labute approximate surface area is 116 Å². The Hall–Kier alpha value is -1.69. The number of alkyl halides is 2. The van der Waals surface area contributed by atoms with E-state index in [1.165, 1.54) is 6.07 Å². The average molecular weight is 284 g/mol. The van der Waals surface area contributed by atoms with E-state index < -0.39 is 6.61 Å². The summed E-state index contributed by atoms with van der Waals surface area (Å²) < 4.78 is 29.0. The third-order valence-electron chi connectivity index (χ3n) is 3.46. The van der Waals surface area contributed by atoms with E-state index in [0.29, 0.717) is 0 Å². The predicted molar refractivity (Wildman–Crippen MR) is 71.9 cm³/mol. The van der Waals surface area contributed by atoms with Gasteiger partial charge in [-0.05, 0) is 38.4 Å². The van der Waals surface area contributed by atoms with Gasteiger partial charge in [0.1, 0.15) is 5.75 Å². The molecule has 1 aromatic rings. The van der Waals surface area contributed by atoms with Gasteiger partial charge in [-0.3, -0.25) is 4.79 Å². The molecule has 0 aliphatic carbocycles. The van der Waals surface area contributed by atoms with E-state index in [1.54, 1.807) is 18.2 Å². The molecule has 1 saturated heterocycles. The molecule has 0 bridgehead atoms. The normalized spacial score (nSPS) is 22.6. The molecule has 2 rings (SSSR count). The van der Waals surface area contributed by atoms with Crippen LogP contribution in [-0.2, 0) is 4.79 Å². The Morgan fingerprint density at radius 3 is 2.90 bits per heavy atom. The zero-order valence-electron chi connectivity index (χ0n) is 11.2. The van der Waals surface area contributed by atoms with Crippen molar-refractivity contribution in [1.82, 2.24) is 5.32 Å². The third kappa shape index (κ3) is 3.66. The van der Waals surface area contributed by atoms with Gasteiger partial charge >= 0.3 is 6.61 Å². The first-order valence-corrected chi connectivity index (χ1v) is 6.66. The van der Waals surface area contributed by atoms with Crippen molar-refractivity contribution >= 4 is 11.6 Å². The van der Waals surface area contributed by atoms with E-state index in [9.17, 15) is 13.6 Å². The van der Waals surface area contributed by atoms with E-state index in [1.807, 2.05) is 6.92 Å². The van der Waals surface area contributed by atoms with Gasteiger partial charge in [-0.15, -0.1) is 0 Å². The quantitative estimate of drug-likeness (QED) is 0.893. The number of benzene rings is 1. The Balaban J connectivity index is 2.07. The maximum atomic E-state index is 12.3. The summed E-state index contributed by atoms with van der Waals surface area (Å²) in [5.74, 6) is -0.356. The second kappa shape index (κ2) is 6.65. The highest BCUT2D eigenvalue weighted by molar-refractivity contribution is 5.94. The lowest BCUT2D eigenvalue weighted by Crippen LogP contribution is -2.44. The Morgan fingerprint density at radius 1 is 1.45 bits per heavy atom. The molecule has 1 aliphatic heterocycles.